The molecule has 0 aromatic heterocycles. The number of hydrogen-bond acceptors (Lipinski definition) is 2. The summed E-state index contributed by atoms with van der Waals surface area (Å²) in [6, 6.07) is 14.1. The number of aromatic hydroxyl groups is 2. The van der Waals surface area contributed by atoms with Gasteiger partial charge in [0.25, 0.3) is 0 Å². The van der Waals surface area contributed by atoms with Crippen LogP contribution < -0.4 is 0 Å². The van der Waals surface area contributed by atoms with Crippen LogP contribution in [0.2, 0.25) is 0 Å². The maximum absolute atomic E-state index is 9.22. The van der Waals surface area contributed by atoms with Gasteiger partial charge < -0.3 is 10.2 Å². The van der Waals surface area contributed by atoms with Crippen LogP contribution in [0.3, 0.4) is 0 Å². The van der Waals surface area contributed by atoms with Crippen molar-refractivity contribution in [1.29, 1.82) is 0 Å². The summed E-state index contributed by atoms with van der Waals surface area (Å²) >= 11 is 0. The minimum Gasteiger partial charge on any atom is -0.508 e. The fourth-order valence-electron chi connectivity index (χ4n) is 1.44. The van der Waals surface area contributed by atoms with Crippen molar-refractivity contribution in [2.24, 2.45) is 0 Å². The fourth-order valence-corrected chi connectivity index (χ4v) is 1.44. The third kappa shape index (κ3) is 4.72. The molecule has 0 heterocycles. The van der Waals surface area contributed by atoms with Gasteiger partial charge in [-0.3, -0.25) is 0 Å². The van der Waals surface area contributed by atoms with Gasteiger partial charge in [-0.05, 0) is 36.3 Å². The Morgan fingerprint density at radius 1 is 1.00 bits per heavy atom. The molecule has 0 fully saturated rings. The zero-order chi connectivity index (χ0) is 14.3. The van der Waals surface area contributed by atoms with E-state index in [1.54, 1.807) is 30.3 Å². The van der Waals surface area contributed by atoms with Crippen molar-refractivity contribution in [2.75, 3.05) is 0 Å². The molecule has 0 saturated heterocycles. The van der Waals surface area contributed by atoms with E-state index in [9.17, 15) is 5.11 Å². The third-order valence-electron chi connectivity index (χ3n) is 2.49. The number of phenolic OH excluding ortho intramolecular Hbond substituents is 2. The lowest BCUT2D eigenvalue weighted by Gasteiger charge is -2.00. The van der Waals surface area contributed by atoms with E-state index >= 15 is 0 Å². The van der Waals surface area contributed by atoms with Crippen LogP contribution in [0.5, 0.6) is 11.5 Å². The smallest absolute Gasteiger partial charge is 0.123 e. The third-order valence-corrected chi connectivity index (χ3v) is 2.49. The van der Waals surface area contributed by atoms with Gasteiger partial charge in [0.2, 0.25) is 0 Å². The summed E-state index contributed by atoms with van der Waals surface area (Å²) in [5.74, 6) is 0.593. The molecule has 2 N–H and O–H groups in total. The standard InChI is InChI=1S/C9H10O.C8H8O/c1-7(2)8-5-3-4-6-9(8)10;1-2-7-3-5-8(9)6-4-7/h3-6,10H,1H2,2H3;2-6,9H,1H2. The summed E-state index contributed by atoms with van der Waals surface area (Å²) in [6.07, 6.45) is 1.74. The number of para-hydroxylation sites is 1. The molecule has 0 bridgehead atoms. The summed E-state index contributed by atoms with van der Waals surface area (Å²) in [5, 5.41) is 18.0. The van der Waals surface area contributed by atoms with Crippen LogP contribution in [0.4, 0.5) is 0 Å². The highest BCUT2D eigenvalue weighted by Gasteiger charge is 1.97. The van der Waals surface area contributed by atoms with E-state index in [4.69, 9.17) is 5.11 Å². The minimum absolute atomic E-state index is 0.292. The number of benzene rings is 2. The van der Waals surface area contributed by atoms with E-state index in [-0.39, 0.29) is 0 Å². The molecule has 98 valence electrons. The molecule has 0 aliphatic carbocycles. The normalized spacial score (nSPS) is 9.11. The predicted molar refractivity (Wildman–Crippen MR) is 81.0 cm³/mol. The summed E-state index contributed by atoms with van der Waals surface area (Å²) in [4.78, 5) is 0. The van der Waals surface area contributed by atoms with Crippen molar-refractivity contribution in [1.82, 2.24) is 0 Å². The second-order valence-corrected chi connectivity index (χ2v) is 4.09. The summed E-state index contributed by atoms with van der Waals surface area (Å²) in [7, 11) is 0. The van der Waals surface area contributed by atoms with Crippen LogP contribution in [0, 0.1) is 0 Å². The quantitative estimate of drug-likeness (QED) is 0.830. The van der Waals surface area contributed by atoms with E-state index in [1.165, 1.54) is 0 Å². The second-order valence-electron chi connectivity index (χ2n) is 4.09. The van der Waals surface area contributed by atoms with E-state index < -0.39 is 0 Å². The molecule has 2 rings (SSSR count). The monoisotopic (exact) mass is 254 g/mol. The first-order valence-electron chi connectivity index (χ1n) is 5.90. The molecule has 0 aliphatic heterocycles. The van der Waals surface area contributed by atoms with Crippen molar-refractivity contribution in [3.8, 4) is 11.5 Å². The topological polar surface area (TPSA) is 40.5 Å². The first kappa shape index (κ1) is 14.6. The highest BCUT2D eigenvalue weighted by molar-refractivity contribution is 5.66. The van der Waals surface area contributed by atoms with Crippen molar-refractivity contribution in [2.45, 2.75) is 6.92 Å². The summed E-state index contributed by atoms with van der Waals surface area (Å²) < 4.78 is 0. The zero-order valence-corrected chi connectivity index (χ0v) is 11.0. The Labute approximate surface area is 114 Å². The Balaban J connectivity index is 0.000000191. The van der Waals surface area contributed by atoms with Crippen LogP contribution >= 0.6 is 0 Å². The van der Waals surface area contributed by atoms with E-state index in [1.807, 2.05) is 31.2 Å². The largest absolute Gasteiger partial charge is 0.508 e. The predicted octanol–water partition coefficient (Wildman–Crippen LogP) is 4.46. The molecule has 0 amide bonds. The lowest BCUT2D eigenvalue weighted by Crippen LogP contribution is -1.76. The number of phenols is 2. The molecule has 0 aliphatic rings. The number of rotatable bonds is 2. The van der Waals surface area contributed by atoms with Gasteiger partial charge in [-0.1, -0.05) is 49.6 Å². The average molecular weight is 254 g/mol. The maximum Gasteiger partial charge on any atom is 0.123 e. The fraction of sp³-hybridized carbons (Fsp3) is 0.0588. The van der Waals surface area contributed by atoms with Crippen LogP contribution in [-0.2, 0) is 0 Å². The molecule has 2 aromatic rings. The van der Waals surface area contributed by atoms with Crippen LogP contribution in [0.1, 0.15) is 18.1 Å². The van der Waals surface area contributed by atoms with Crippen molar-refractivity contribution >= 4 is 11.6 Å². The second kappa shape index (κ2) is 7.07. The maximum atomic E-state index is 9.22. The van der Waals surface area contributed by atoms with Crippen LogP contribution in [0.25, 0.3) is 11.6 Å². The van der Waals surface area contributed by atoms with Gasteiger partial charge in [0.05, 0.1) is 0 Å². The van der Waals surface area contributed by atoms with Crippen molar-refractivity contribution < 1.29 is 10.2 Å². The minimum atomic E-state index is 0.292. The lowest BCUT2D eigenvalue weighted by molar-refractivity contribution is 0.473. The van der Waals surface area contributed by atoms with Gasteiger partial charge in [0.1, 0.15) is 11.5 Å². The molecule has 2 heteroatoms. The molecule has 0 spiro atoms. The highest BCUT2D eigenvalue weighted by Crippen LogP contribution is 2.21. The van der Waals surface area contributed by atoms with Gasteiger partial charge >= 0.3 is 0 Å². The molecule has 0 radical (unpaired) electrons. The lowest BCUT2D eigenvalue weighted by atomic mass is 10.1. The zero-order valence-electron chi connectivity index (χ0n) is 11.0. The Kier molecular flexibility index (Phi) is 5.42. The number of hydrogen-bond donors (Lipinski definition) is 2. The molecule has 2 aromatic carbocycles. The van der Waals surface area contributed by atoms with Crippen LogP contribution in [0.15, 0.2) is 61.7 Å². The Bertz CT molecular complexity index is 554. The van der Waals surface area contributed by atoms with Gasteiger partial charge in [0.15, 0.2) is 0 Å². The molecular formula is C17H18O2. The summed E-state index contributed by atoms with van der Waals surface area (Å²) in [5.41, 5.74) is 2.73. The van der Waals surface area contributed by atoms with Crippen LogP contribution in [-0.4, -0.2) is 10.2 Å². The highest BCUT2D eigenvalue weighted by atomic mass is 16.3. The Hall–Kier alpha value is -2.48. The van der Waals surface area contributed by atoms with Gasteiger partial charge in [-0.15, -0.1) is 0 Å². The van der Waals surface area contributed by atoms with Gasteiger partial charge in [-0.25, -0.2) is 0 Å². The Morgan fingerprint density at radius 3 is 2.00 bits per heavy atom. The molecular weight excluding hydrogens is 236 g/mol. The van der Waals surface area contributed by atoms with Gasteiger partial charge in [-0.2, -0.15) is 0 Å². The number of allylic oxidation sites excluding steroid dienone is 1. The average Bonchev–Trinajstić information content (AvgIpc) is 2.40. The summed E-state index contributed by atoms with van der Waals surface area (Å²) in [6.45, 7) is 9.18. The molecule has 0 unspecified atom stereocenters. The molecule has 0 atom stereocenters. The van der Waals surface area contributed by atoms with E-state index in [2.05, 4.69) is 13.2 Å². The SMILES string of the molecule is C=C(C)c1ccccc1O.C=Cc1ccc(O)cc1. The first-order valence-corrected chi connectivity index (χ1v) is 5.90. The van der Waals surface area contributed by atoms with Crippen molar-refractivity contribution in [3.05, 3.63) is 72.8 Å². The molecule has 19 heavy (non-hydrogen) atoms. The van der Waals surface area contributed by atoms with Crippen molar-refractivity contribution in [3.63, 3.8) is 0 Å². The Morgan fingerprint density at radius 2 is 1.58 bits per heavy atom. The van der Waals surface area contributed by atoms with E-state index in [0.29, 0.717) is 11.5 Å². The molecule has 2 nitrogen and oxygen atoms in total. The van der Waals surface area contributed by atoms with E-state index in [0.717, 1.165) is 16.7 Å². The van der Waals surface area contributed by atoms with Gasteiger partial charge in [0, 0.05) is 5.56 Å². The first-order chi connectivity index (χ1) is 9.04. The molecule has 0 saturated carbocycles.